The predicted molar refractivity (Wildman–Crippen MR) is 123 cm³/mol. The van der Waals surface area contributed by atoms with Crippen molar-refractivity contribution in [3.05, 3.63) is 65.2 Å². The largest absolute Gasteiger partial charge is 0.492 e. The fraction of sp³-hybridized carbons (Fsp3) is 0.520. The summed E-state index contributed by atoms with van der Waals surface area (Å²) in [4.78, 5) is 2.58. The van der Waals surface area contributed by atoms with Gasteiger partial charge in [0, 0.05) is 12.5 Å². The molecule has 6 heteroatoms. The average molecular weight is 441 g/mol. The Balaban J connectivity index is 1.39. The third-order valence-electron chi connectivity index (χ3n) is 6.90. The van der Waals surface area contributed by atoms with Gasteiger partial charge in [-0.05, 0) is 73.9 Å². The van der Waals surface area contributed by atoms with Crippen molar-refractivity contribution in [1.29, 1.82) is 0 Å². The minimum Gasteiger partial charge on any atom is -0.492 e. The van der Waals surface area contributed by atoms with Gasteiger partial charge in [0.1, 0.15) is 12.4 Å². The van der Waals surface area contributed by atoms with Crippen LogP contribution in [0.3, 0.4) is 0 Å². The van der Waals surface area contributed by atoms with Gasteiger partial charge in [0.15, 0.2) is 0 Å². The summed E-state index contributed by atoms with van der Waals surface area (Å²) in [7, 11) is -3.21. The number of rotatable bonds is 8. The Labute approximate surface area is 185 Å². The molecule has 1 N–H and O–H groups in total. The van der Waals surface area contributed by atoms with Crippen LogP contribution in [-0.4, -0.2) is 44.8 Å². The Morgan fingerprint density at radius 3 is 2.52 bits per heavy atom. The molecule has 1 aliphatic carbocycles. The van der Waals surface area contributed by atoms with Gasteiger partial charge < -0.3 is 4.74 Å². The number of likely N-dealkylation sites (tertiary alicyclic amines) is 1. The van der Waals surface area contributed by atoms with Crippen molar-refractivity contribution in [3.8, 4) is 5.75 Å². The monoisotopic (exact) mass is 440 g/mol. The molecule has 2 atom stereocenters. The Bertz CT molecular complexity index is 999. The van der Waals surface area contributed by atoms with E-state index < -0.39 is 10.0 Å². The highest BCUT2D eigenvalue weighted by molar-refractivity contribution is 7.89. The van der Waals surface area contributed by atoms with E-state index in [1.54, 1.807) is 0 Å². The van der Waals surface area contributed by atoms with E-state index in [1.165, 1.54) is 24.0 Å². The molecule has 166 valence electrons. The molecule has 0 spiro atoms. The topological polar surface area (TPSA) is 58.6 Å². The first-order valence-corrected chi connectivity index (χ1v) is 13.2. The molecule has 2 heterocycles. The third-order valence-corrected chi connectivity index (χ3v) is 8.40. The molecule has 0 aromatic heterocycles. The Morgan fingerprint density at radius 2 is 1.77 bits per heavy atom. The maximum Gasteiger partial charge on any atom is 0.212 e. The zero-order chi connectivity index (χ0) is 21.3. The number of hydrogen-bond donors (Lipinski definition) is 1. The molecule has 0 radical (unpaired) electrons. The number of benzene rings is 2. The highest BCUT2D eigenvalue weighted by atomic mass is 32.2. The van der Waals surface area contributed by atoms with Gasteiger partial charge in [-0.15, -0.1) is 0 Å². The lowest BCUT2D eigenvalue weighted by molar-refractivity contribution is 0.116. The van der Waals surface area contributed by atoms with Crippen molar-refractivity contribution >= 4 is 10.0 Å². The van der Waals surface area contributed by atoms with Gasteiger partial charge in [0.2, 0.25) is 10.0 Å². The van der Waals surface area contributed by atoms with E-state index in [0.717, 1.165) is 50.3 Å². The fourth-order valence-corrected chi connectivity index (χ4v) is 6.48. The highest BCUT2D eigenvalue weighted by Gasteiger charge is 2.36. The second-order valence-electron chi connectivity index (χ2n) is 9.34. The normalized spacial score (nSPS) is 24.0. The van der Waals surface area contributed by atoms with Crippen LogP contribution in [0, 0.1) is 5.92 Å². The van der Waals surface area contributed by atoms with Crippen LogP contribution < -0.4 is 9.46 Å². The first-order valence-electron chi connectivity index (χ1n) is 11.6. The Morgan fingerprint density at radius 1 is 1.00 bits per heavy atom. The van der Waals surface area contributed by atoms with Crippen molar-refractivity contribution in [1.82, 2.24) is 9.62 Å². The van der Waals surface area contributed by atoms with Crippen LogP contribution in [0.15, 0.2) is 48.5 Å². The van der Waals surface area contributed by atoms with Crippen LogP contribution in [-0.2, 0) is 23.0 Å². The third kappa shape index (κ3) is 5.13. The standard InChI is InChI=1S/C25H32N2O3S/c28-31(29,18-20-8-9-20)26-16-21-10-11-25-23(15-21)22(14-19-6-2-1-3-7-19)24(17-30-25)27-12-4-5-13-27/h1-3,6-7,10-11,15,20,22,24,26H,4-5,8-9,12-14,16-18H2. The van der Waals surface area contributed by atoms with Crippen LogP contribution >= 0.6 is 0 Å². The summed E-state index contributed by atoms with van der Waals surface area (Å²) in [6.07, 6.45) is 5.55. The SMILES string of the molecule is O=S(=O)(CC1CC1)NCc1ccc2c(c1)C(Cc1ccccc1)C(N1CCCC1)CO2. The first-order chi connectivity index (χ1) is 15.1. The van der Waals surface area contributed by atoms with Crippen LogP contribution in [0.4, 0.5) is 0 Å². The van der Waals surface area contributed by atoms with Gasteiger partial charge in [-0.2, -0.15) is 0 Å². The van der Waals surface area contributed by atoms with E-state index in [9.17, 15) is 8.42 Å². The van der Waals surface area contributed by atoms with Crippen molar-refractivity contribution in [2.45, 2.75) is 50.6 Å². The molecule has 31 heavy (non-hydrogen) atoms. The maximum atomic E-state index is 12.3. The van der Waals surface area contributed by atoms with E-state index in [-0.39, 0.29) is 5.75 Å². The van der Waals surface area contributed by atoms with Gasteiger partial charge in [0.05, 0.1) is 11.8 Å². The summed E-state index contributed by atoms with van der Waals surface area (Å²) in [5, 5.41) is 0. The minimum absolute atomic E-state index is 0.259. The molecule has 5 nitrogen and oxygen atoms in total. The molecule has 2 fully saturated rings. The minimum atomic E-state index is -3.21. The number of fused-ring (bicyclic) bond motifs is 1. The molecule has 3 aliphatic rings. The first kappa shape index (κ1) is 21.0. The van der Waals surface area contributed by atoms with Crippen molar-refractivity contribution < 1.29 is 13.2 Å². The molecular weight excluding hydrogens is 408 g/mol. The molecular formula is C25H32N2O3S. The highest BCUT2D eigenvalue weighted by Crippen LogP contribution is 2.39. The number of ether oxygens (including phenoxy) is 1. The van der Waals surface area contributed by atoms with E-state index in [1.807, 2.05) is 12.1 Å². The molecule has 0 bridgehead atoms. The van der Waals surface area contributed by atoms with E-state index >= 15 is 0 Å². The molecule has 2 aliphatic heterocycles. The number of nitrogens with zero attached hydrogens (tertiary/aromatic N) is 1. The molecule has 2 aromatic rings. The predicted octanol–water partition coefficient (Wildman–Crippen LogP) is 3.70. The summed E-state index contributed by atoms with van der Waals surface area (Å²) in [5.41, 5.74) is 3.55. The van der Waals surface area contributed by atoms with Crippen molar-refractivity contribution in [2.75, 3.05) is 25.4 Å². The zero-order valence-corrected chi connectivity index (χ0v) is 18.8. The van der Waals surface area contributed by atoms with Gasteiger partial charge in [-0.3, -0.25) is 4.90 Å². The lowest BCUT2D eigenvalue weighted by atomic mass is 9.82. The zero-order valence-electron chi connectivity index (χ0n) is 18.0. The molecule has 2 unspecified atom stereocenters. The molecule has 0 amide bonds. The summed E-state index contributed by atoms with van der Waals surface area (Å²) >= 11 is 0. The molecule has 1 saturated heterocycles. The van der Waals surface area contributed by atoms with Gasteiger partial charge >= 0.3 is 0 Å². The lowest BCUT2D eigenvalue weighted by Gasteiger charge is -2.39. The van der Waals surface area contributed by atoms with Gasteiger partial charge in [0.25, 0.3) is 0 Å². The van der Waals surface area contributed by atoms with E-state index in [4.69, 9.17) is 4.74 Å². The Kier molecular flexibility index (Phi) is 6.04. The fourth-order valence-electron chi connectivity index (χ4n) is 5.02. The van der Waals surface area contributed by atoms with Gasteiger partial charge in [-0.1, -0.05) is 42.5 Å². The van der Waals surface area contributed by atoms with Crippen LogP contribution in [0.5, 0.6) is 5.75 Å². The molecule has 5 rings (SSSR count). The van der Waals surface area contributed by atoms with E-state index in [2.05, 4.69) is 46.0 Å². The van der Waals surface area contributed by atoms with E-state index in [0.29, 0.717) is 24.4 Å². The van der Waals surface area contributed by atoms with Crippen molar-refractivity contribution in [3.63, 3.8) is 0 Å². The molecule has 2 aromatic carbocycles. The second-order valence-corrected chi connectivity index (χ2v) is 11.2. The van der Waals surface area contributed by atoms with Crippen LogP contribution in [0.2, 0.25) is 0 Å². The smallest absolute Gasteiger partial charge is 0.212 e. The number of hydrogen-bond acceptors (Lipinski definition) is 4. The summed E-state index contributed by atoms with van der Waals surface area (Å²) in [5.74, 6) is 1.90. The number of sulfonamides is 1. The lowest BCUT2D eigenvalue weighted by Crippen LogP contribution is -2.45. The quantitative estimate of drug-likeness (QED) is 0.680. The number of nitrogens with one attached hydrogen (secondary N) is 1. The van der Waals surface area contributed by atoms with Crippen LogP contribution in [0.25, 0.3) is 0 Å². The second kappa shape index (κ2) is 8.93. The summed E-state index contributed by atoms with van der Waals surface area (Å²) in [6.45, 7) is 3.33. The van der Waals surface area contributed by atoms with Crippen molar-refractivity contribution in [2.24, 2.45) is 5.92 Å². The van der Waals surface area contributed by atoms with Gasteiger partial charge in [-0.25, -0.2) is 13.1 Å². The Hall–Kier alpha value is -1.89. The molecule has 1 saturated carbocycles. The van der Waals surface area contributed by atoms with Crippen LogP contribution in [0.1, 0.15) is 48.3 Å². The summed E-state index contributed by atoms with van der Waals surface area (Å²) < 4.78 is 33.7. The average Bonchev–Trinajstić information content (AvgIpc) is 3.40. The summed E-state index contributed by atoms with van der Waals surface area (Å²) in [6, 6.07) is 17.2. The maximum absolute atomic E-state index is 12.3.